The van der Waals surface area contributed by atoms with Crippen molar-refractivity contribution in [1.29, 1.82) is 0 Å². The lowest BCUT2D eigenvalue weighted by atomic mass is 10.0. The van der Waals surface area contributed by atoms with Crippen molar-refractivity contribution in [1.82, 2.24) is 15.6 Å². The van der Waals surface area contributed by atoms with E-state index in [2.05, 4.69) is 15.8 Å². The number of amides is 4. The number of rotatable bonds is 8. The Bertz CT molecular complexity index is 1000. The lowest BCUT2D eigenvalue weighted by Gasteiger charge is -2.15. The number of benzene rings is 2. The standard InChI is InChI=1S/C22H26N4O4/c1-4-13-30-18-10-9-15-7-5-6-8-16(15)17(18)14-23-25-19(27)11-12-26-20(28)22(2,3)24-21(26)29/h5-10,14H,4,11-13H2,1-3H3,(H,24,29)(H,25,27)/b23-14-. The SMILES string of the molecule is CCCOc1ccc2ccccc2c1/C=N\NC(=O)CCN1C(=O)NC(C)(C)C1=O. The van der Waals surface area contributed by atoms with E-state index in [0.717, 1.165) is 27.7 Å². The molecule has 158 valence electrons. The minimum Gasteiger partial charge on any atom is -0.493 e. The average molecular weight is 410 g/mol. The van der Waals surface area contributed by atoms with E-state index in [4.69, 9.17) is 4.74 Å². The van der Waals surface area contributed by atoms with Crippen LogP contribution < -0.4 is 15.5 Å². The van der Waals surface area contributed by atoms with Gasteiger partial charge in [-0.1, -0.05) is 37.3 Å². The van der Waals surface area contributed by atoms with Crippen molar-refractivity contribution < 1.29 is 19.1 Å². The molecule has 1 heterocycles. The van der Waals surface area contributed by atoms with Gasteiger partial charge in [0.15, 0.2) is 0 Å². The summed E-state index contributed by atoms with van der Waals surface area (Å²) >= 11 is 0. The zero-order valence-corrected chi connectivity index (χ0v) is 17.4. The van der Waals surface area contributed by atoms with Crippen molar-refractivity contribution in [3.05, 3.63) is 42.0 Å². The zero-order valence-electron chi connectivity index (χ0n) is 17.4. The van der Waals surface area contributed by atoms with E-state index in [1.54, 1.807) is 20.1 Å². The van der Waals surface area contributed by atoms with Crippen molar-refractivity contribution in [2.24, 2.45) is 5.10 Å². The number of carbonyl (C=O) groups excluding carboxylic acids is 3. The first-order valence-corrected chi connectivity index (χ1v) is 9.94. The summed E-state index contributed by atoms with van der Waals surface area (Å²) < 4.78 is 5.82. The maximum atomic E-state index is 12.2. The van der Waals surface area contributed by atoms with E-state index in [1.807, 2.05) is 43.3 Å². The van der Waals surface area contributed by atoms with Crippen LogP contribution in [0, 0.1) is 0 Å². The Kier molecular flexibility index (Phi) is 6.34. The Labute approximate surface area is 175 Å². The number of hydrazone groups is 1. The molecule has 1 saturated heterocycles. The number of hydrogen-bond donors (Lipinski definition) is 2. The van der Waals surface area contributed by atoms with E-state index in [9.17, 15) is 14.4 Å². The molecular weight excluding hydrogens is 384 g/mol. The molecule has 1 fully saturated rings. The van der Waals surface area contributed by atoms with Crippen LogP contribution in [0.4, 0.5) is 4.79 Å². The van der Waals surface area contributed by atoms with Gasteiger partial charge in [0, 0.05) is 18.5 Å². The summed E-state index contributed by atoms with van der Waals surface area (Å²) in [7, 11) is 0. The number of nitrogens with zero attached hydrogens (tertiary/aromatic N) is 2. The molecule has 1 aliphatic rings. The van der Waals surface area contributed by atoms with E-state index in [-0.39, 0.29) is 18.9 Å². The Morgan fingerprint density at radius 2 is 2.00 bits per heavy atom. The molecule has 4 amide bonds. The summed E-state index contributed by atoms with van der Waals surface area (Å²) in [6, 6.07) is 11.2. The molecule has 1 aliphatic heterocycles. The summed E-state index contributed by atoms with van der Waals surface area (Å²) in [6.07, 6.45) is 2.39. The van der Waals surface area contributed by atoms with Gasteiger partial charge in [0.1, 0.15) is 11.3 Å². The molecule has 0 atom stereocenters. The van der Waals surface area contributed by atoms with Gasteiger partial charge in [0.25, 0.3) is 5.91 Å². The summed E-state index contributed by atoms with van der Waals surface area (Å²) in [5, 5.41) is 8.65. The fraction of sp³-hybridized carbons (Fsp3) is 0.364. The highest BCUT2D eigenvalue weighted by atomic mass is 16.5. The molecule has 3 rings (SSSR count). The van der Waals surface area contributed by atoms with Gasteiger partial charge in [-0.3, -0.25) is 14.5 Å². The van der Waals surface area contributed by atoms with E-state index < -0.39 is 17.5 Å². The molecule has 8 heteroatoms. The molecule has 2 N–H and O–H groups in total. The molecule has 0 spiro atoms. The molecule has 0 aliphatic carbocycles. The molecule has 30 heavy (non-hydrogen) atoms. The third kappa shape index (κ3) is 4.59. The predicted octanol–water partition coefficient (Wildman–Crippen LogP) is 2.80. The van der Waals surface area contributed by atoms with E-state index in [1.165, 1.54) is 0 Å². The summed E-state index contributed by atoms with van der Waals surface area (Å²) in [5.41, 5.74) is 2.28. The molecule has 2 aromatic rings. The minimum absolute atomic E-state index is 0.00538. The van der Waals surface area contributed by atoms with Crippen LogP contribution in [0.15, 0.2) is 41.5 Å². The molecular formula is C22H26N4O4. The maximum absolute atomic E-state index is 12.2. The van der Waals surface area contributed by atoms with Gasteiger partial charge >= 0.3 is 6.03 Å². The summed E-state index contributed by atoms with van der Waals surface area (Å²) in [6.45, 7) is 5.85. The quantitative estimate of drug-likeness (QED) is 0.397. The van der Waals surface area contributed by atoms with Crippen LogP contribution >= 0.6 is 0 Å². The molecule has 0 unspecified atom stereocenters. The number of nitrogens with one attached hydrogen (secondary N) is 2. The van der Waals surface area contributed by atoms with Crippen LogP contribution in [-0.4, -0.2) is 47.7 Å². The van der Waals surface area contributed by atoms with Crippen molar-refractivity contribution in [3.63, 3.8) is 0 Å². The third-order valence-corrected chi connectivity index (χ3v) is 4.78. The average Bonchev–Trinajstić information content (AvgIpc) is 2.92. The first-order chi connectivity index (χ1) is 14.3. The lowest BCUT2D eigenvalue weighted by Crippen LogP contribution is -2.40. The number of imide groups is 1. The molecule has 8 nitrogen and oxygen atoms in total. The first-order valence-electron chi connectivity index (χ1n) is 9.94. The molecule has 0 radical (unpaired) electrons. The van der Waals surface area contributed by atoms with E-state index >= 15 is 0 Å². The Morgan fingerprint density at radius 1 is 1.23 bits per heavy atom. The highest BCUT2D eigenvalue weighted by molar-refractivity contribution is 6.06. The van der Waals surface area contributed by atoms with Crippen molar-refractivity contribution in [2.75, 3.05) is 13.2 Å². The monoisotopic (exact) mass is 410 g/mol. The molecule has 0 saturated carbocycles. The fourth-order valence-electron chi connectivity index (χ4n) is 3.21. The number of hydrogen-bond acceptors (Lipinski definition) is 5. The van der Waals surface area contributed by atoms with Crippen LogP contribution in [0.2, 0.25) is 0 Å². The van der Waals surface area contributed by atoms with Crippen LogP contribution in [0.5, 0.6) is 5.75 Å². The number of ether oxygens (including phenoxy) is 1. The van der Waals surface area contributed by atoms with Crippen LogP contribution in [0.3, 0.4) is 0 Å². The third-order valence-electron chi connectivity index (χ3n) is 4.78. The first kappa shape index (κ1) is 21.3. The second-order valence-electron chi connectivity index (χ2n) is 7.60. The lowest BCUT2D eigenvalue weighted by molar-refractivity contribution is -0.130. The number of fused-ring (bicyclic) bond motifs is 1. The molecule has 0 bridgehead atoms. The van der Waals surface area contributed by atoms with Gasteiger partial charge < -0.3 is 10.1 Å². The largest absolute Gasteiger partial charge is 0.493 e. The van der Waals surface area contributed by atoms with Gasteiger partial charge in [-0.05, 0) is 37.1 Å². The van der Waals surface area contributed by atoms with Crippen LogP contribution in [0.25, 0.3) is 10.8 Å². The number of carbonyl (C=O) groups is 3. The molecule has 2 aromatic carbocycles. The van der Waals surface area contributed by atoms with Crippen LogP contribution in [0.1, 0.15) is 39.2 Å². The Balaban J connectivity index is 1.66. The highest BCUT2D eigenvalue weighted by Crippen LogP contribution is 2.26. The van der Waals surface area contributed by atoms with Crippen molar-refractivity contribution >= 4 is 34.8 Å². The smallest absolute Gasteiger partial charge is 0.325 e. The second-order valence-corrected chi connectivity index (χ2v) is 7.60. The van der Waals surface area contributed by atoms with Gasteiger partial charge in [0.2, 0.25) is 5.91 Å². The Hall–Kier alpha value is -3.42. The van der Waals surface area contributed by atoms with E-state index in [0.29, 0.717) is 12.4 Å². The minimum atomic E-state index is -0.949. The van der Waals surface area contributed by atoms with Gasteiger partial charge in [0.05, 0.1) is 12.8 Å². The van der Waals surface area contributed by atoms with Gasteiger partial charge in [-0.15, -0.1) is 0 Å². The van der Waals surface area contributed by atoms with Crippen molar-refractivity contribution in [3.8, 4) is 5.75 Å². The fourth-order valence-corrected chi connectivity index (χ4v) is 3.21. The summed E-state index contributed by atoms with van der Waals surface area (Å²) in [5.74, 6) is -0.0554. The van der Waals surface area contributed by atoms with Gasteiger partial charge in [-0.25, -0.2) is 10.2 Å². The second kappa shape index (κ2) is 8.94. The highest BCUT2D eigenvalue weighted by Gasteiger charge is 2.43. The number of urea groups is 1. The normalized spacial score (nSPS) is 15.6. The summed E-state index contributed by atoms with van der Waals surface area (Å²) in [4.78, 5) is 37.2. The van der Waals surface area contributed by atoms with Crippen LogP contribution in [-0.2, 0) is 9.59 Å². The van der Waals surface area contributed by atoms with Crippen molar-refractivity contribution in [2.45, 2.75) is 39.2 Å². The predicted molar refractivity (Wildman–Crippen MR) is 114 cm³/mol. The maximum Gasteiger partial charge on any atom is 0.325 e. The zero-order chi connectivity index (χ0) is 21.7. The topological polar surface area (TPSA) is 100 Å². The van der Waals surface area contributed by atoms with Gasteiger partial charge in [-0.2, -0.15) is 5.10 Å². The Morgan fingerprint density at radius 3 is 2.70 bits per heavy atom. The molecule has 0 aromatic heterocycles.